The molecule has 0 spiro atoms. The molecule has 0 bridgehead atoms. The summed E-state index contributed by atoms with van der Waals surface area (Å²) in [7, 11) is 0. The van der Waals surface area contributed by atoms with Crippen LogP contribution in [0.4, 0.5) is 0 Å². The highest BCUT2D eigenvalue weighted by atomic mass is 32.2. The van der Waals surface area contributed by atoms with Gasteiger partial charge in [-0.3, -0.25) is 9.59 Å². The van der Waals surface area contributed by atoms with Crippen molar-refractivity contribution in [2.45, 2.75) is 28.1 Å². The summed E-state index contributed by atoms with van der Waals surface area (Å²) in [5.74, 6) is 6.30. The Morgan fingerprint density at radius 2 is 1.29 bits per heavy atom. The second kappa shape index (κ2) is 14.7. The first-order valence-corrected chi connectivity index (χ1v) is 18.3. The summed E-state index contributed by atoms with van der Waals surface area (Å²) in [5, 5.41) is 1.30. The second-order valence-corrected chi connectivity index (χ2v) is 18.3. The van der Waals surface area contributed by atoms with Gasteiger partial charge in [-0.2, -0.15) is 0 Å². The van der Waals surface area contributed by atoms with E-state index in [9.17, 15) is 9.59 Å². The summed E-state index contributed by atoms with van der Waals surface area (Å²) in [6, 6.07) is 4.51. The molecule has 0 aliphatic carbocycles. The molecule has 11 heteroatoms. The molecule has 3 heterocycles. The maximum Gasteiger partial charge on any atom is 0.211 e. The fraction of sp³-hybridized carbons (Fsp3) is 0.500. The van der Waals surface area contributed by atoms with Crippen LogP contribution in [0.1, 0.15) is 0 Å². The highest BCUT2D eigenvalue weighted by Crippen LogP contribution is 2.45. The van der Waals surface area contributed by atoms with Gasteiger partial charge in [0.1, 0.15) is 0 Å². The van der Waals surface area contributed by atoms with E-state index in [1.807, 2.05) is 81.9 Å². The van der Waals surface area contributed by atoms with Crippen LogP contribution < -0.4 is 0 Å². The molecule has 0 N–H and O–H groups in total. The third-order valence-electron chi connectivity index (χ3n) is 4.06. The molecule has 1 aromatic heterocycles. The fourth-order valence-electron chi connectivity index (χ4n) is 2.59. The third kappa shape index (κ3) is 9.84. The van der Waals surface area contributed by atoms with Crippen LogP contribution in [0, 0.1) is 0 Å². The first-order chi connectivity index (χ1) is 15.1. The Balaban J connectivity index is 1.30. The van der Waals surface area contributed by atoms with Gasteiger partial charge < -0.3 is 0 Å². The van der Waals surface area contributed by atoms with E-state index >= 15 is 0 Å². The lowest BCUT2D eigenvalue weighted by Crippen LogP contribution is -2.07. The smallest absolute Gasteiger partial charge is 0.211 e. The largest absolute Gasteiger partial charge is 0.282 e. The van der Waals surface area contributed by atoms with Crippen molar-refractivity contribution in [3.63, 3.8) is 0 Å². The van der Waals surface area contributed by atoms with Gasteiger partial charge >= 0.3 is 0 Å². The molecule has 0 radical (unpaired) electrons. The highest BCUT2D eigenvalue weighted by Gasteiger charge is 2.28. The van der Waals surface area contributed by atoms with Crippen LogP contribution in [0.5, 0.6) is 0 Å². The van der Waals surface area contributed by atoms with Crippen molar-refractivity contribution >= 4 is 116 Å². The maximum atomic E-state index is 11.4. The number of thiophene rings is 1. The van der Waals surface area contributed by atoms with E-state index in [1.54, 1.807) is 0 Å². The Bertz CT molecular complexity index is 705. The predicted octanol–water partition coefficient (Wildman–Crippen LogP) is 7.17. The van der Waals surface area contributed by atoms with Crippen LogP contribution in [0.15, 0.2) is 45.9 Å². The molecule has 1 aromatic rings. The first kappa shape index (κ1) is 26.9. The van der Waals surface area contributed by atoms with Crippen LogP contribution >= 0.6 is 105 Å². The monoisotopic (exact) mass is 584 g/mol. The number of hydrogen-bond acceptors (Lipinski definition) is 11. The van der Waals surface area contributed by atoms with E-state index in [1.165, 1.54) is 44.1 Å². The van der Waals surface area contributed by atoms with Gasteiger partial charge in [-0.25, -0.2) is 0 Å². The van der Waals surface area contributed by atoms with Crippen molar-refractivity contribution in [3.8, 4) is 0 Å². The van der Waals surface area contributed by atoms with Gasteiger partial charge in [0.2, 0.25) is 10.2 Å². The normalized spacial score (nSPS) is 25.5. The molecule has 2 saturated heterocycles. The molecule has 2 fully saturated rings. The molecule has 31 heavy (non-hydrogen) atoms. The molecule has 170 valence electrons. The summed E-state index contributed by atoms with van der Waals surface area (Å²) in [5.41, 5.74) is 0. The number of rotatable bonds is 12. The Morgan fingerprint density at radius 3 is 1.71 bits per heavy atom. The number of hydrogen-bond donors (Lipinski definition) is 0. The summed E-state index contributed by atoms with van der Waals surface area (Å²) in [6.07, 6.45) is 2.82. The van der Waals surface area contributed by atoms with Crippen molar-refractivity contribution < 1.29 is 9.59 Å². The zero-order chi connectivity index (χ0) is 22.1. The van der Waals surface area contributed by atoms with E-state index in [0.29, 0.717) is 19.7 Å². The fourth-order valence-corrected chi connectivity index (χ4v) is 15.4. The molecule has 0 saturated carbocycles. The minimum atomic E-state index is 0.0821. The minimum Gasteiger partial charge on any atom is -0.282 e. The van der Waals surface area contributed by atoms with Crippen molar-refractivity contribution in [3.05, 3.63) is 37.4 Å². The van der Waals surface area contributed by atoms with Crippen LogP contribution in [0.3, 0.4) is 0 Å². The number of thioether (sulfide) groups is 8. The van der Waals surface area contributed by atoms with Crippen molar-refractivity contribution in [1.29, 1.82) is 0 Å². The zero-order valence-electron chi connectivity index (χ0n) is 16.8. The summed E-state index contributed by atoms with van der Waals surface area (Å²) >= 11 is 16.7. The maximum absolute atomic E-state index is 11.4. The third-order valence-corrected chi connectivity index (χ3v) is 17.6. The van der Waals surface area contributed by atoms with E-state index in [2.05, 4.69) is 25.3 Å². The van der Waals surface area contributed by atoms with E-state index in [0.717, 1.165) is 34.5 Å². The Labute approximate surface area is 223 Å². The first-order valence-electron chi connectivity index (χ1n) is 9.53. The summed E-state index contributed by atoms with van der Waals surface area (Å²) < 4.78 is 4.02. The molecule has 3 rings (SSSR count). The summed E-state index contributed by atoms with van der Waals surface area (Å²) in [6.45, 7) is 7.07. The SMILES string of the molecule is C=CC(=O)SCC1CSC(CSc2ccc(SCC3SCC(CSC(=O)C=C)S3)s2)S1. The van der Waals surface area contributed by atoms with Crippen LogP contribution in [0.2, 0.25) is 0 Å². The molecule has 4 unspecified atom stereocenters. The molecule has 4 atom stereocenters. The molecular formula is C20H24O2S9. The van der Waals surface area contributed by atoms with Gasteiger partial charge in [0, 0.05) is 45.0 Å². The summed E-state index contributed by atoms with van der Waals surface area (Å²) in [4.78, 5) is 22.8. The van der Waals surface area contributed by atoms with E-state index in [4.69, 9.17) is 0 Å². The molecular weight excluding hydrogens is 561 g/mol. The van der Waals surface area contributed by atoms with Gasteiger partial charge in [0.25, 0.3) is 0 Å². The Hall–Kier alpha value is 1.32. The minimum absolute atomic E-state index is 0.0821. The van der Waals surface area contributed by atoms with Gasteiger partial charge in [0.05, 0.1) is 17.6 Å². The standard InChI is InChI=1S/C20H24O2S9/c1-3-15(21)23-7-13-9-25-19(29-13)11-27-17-5-6-18(31-17)28-12-20-26-10-14(30-20)8-24-16(22)4-2/h3-6,13-14,19-20H,1-2,7-12H2. The average Bonchev–Trinajstić information content (AvgIpc) is 3.53. The molecule has 0 amide bonds. The second-order valence-electron chi connectivity index (χ2n) is 6.41. The Kier molecular flexibility index (Phi) is 12.7. The van der Waals surface area contributed by atoms with E-state index in [-0.39, 0.29) is 10.2 Å². The van der Waals surface area contributed by atoms with Crippen molar-refractivity contribution in [1.82, 2.24) is 0 Å². The number of carbonyl (C=O) groups excluding carboxylic acids is 2. The highest BCUT2D eigenvalue weighted by molar-refractivity contribution is 8.23. The lowest BCUT2D eigenvalue weighted by atomic mass is 10.5. The van der Waals surface area contributed by atoms with Gasteiger partial charge in [-0.1, -0.05) is 36.7 Å². The zero-order valence-corrected chi connectivity index (χ0v) is 24.1. The Morgan fingerprint density at radius 1 is 0.839 bits per heavy atom. The average molecular weight is 585 g/mol. The molecule has 2 aliphatic heterocycles. The molecule has 2 nitrogen and oxygen atoms in total. The van der Waals surface area contributed by atoms with Gasteiger partial charge in [-0.05, 0) is 24.3 Å². The van der Waals surface area contributed by atoms with Gasteiger partial charge in [0.15, 0.2) is 0 Å². The van der Waals surface area contributed by atoms with Crippen molar-refractivity contribution in [2.24, 2.45) is 0 Å². The lowest BCUT2D eigenvalue weighted by molar-refractivity contribution is -0.107. The lowest BCUT2D eigenvalue weighted by Gasteiger charge is -2.09. The molecule has 2 aliphatic rings. The molecule has 0 aromatic carbocycles. The van der Waals surface area contributed by atoms with Crippen LogP contribution in [-0.4, -0.2) is 64.4 Å². The topological polar surface area (TPSA) is 34.1 Å². The van der Waals surface area contributed by atoms with Crippen molar-refractivity contribution in [2.75, 3.05) is 34.5 Å². The van der Waals surface area contributed by atoms with E-state index < -0.39 is 0 Å². The van der Waals surface area contributed by atoms with Gasteiger partial charge in [-0.15, -0.1) is 81.9 Å². The predicted molar refractivity (Wildman–Crippen MR) is 156 cm³/mol. The quantitative estimate of drug-likeness (QED) is 0.186. The van der Waals surface area contributed by atoms with Crippen LogP contribution in [-0.2, 0) is 9.59 Å². The number of carbonyl (C=O) groups is 2. The van der Waals surface area contributed by atoms with Crippen LogP contribution in [0.25, 0.3) is 0 Å².